The van der Waals surface area contributed by atoms with Crippen LogP contribution in [0.5, 0.6) is 0 Å². The molecule has 4 heteroatoms. The molecule has 2 fully saturated rings. The molecule has 0 amide bonds. The summed E-state index contributed by atoms with van der Waals surface area (Å²) in [5.41, 5.74) is 1.43. The molecule has 4 aliphatic rings. The van der Waals surface area contributed by atoms with Crippen LogP contribution in [0.4, 0.5) is 0 Å². The van der Waals surface area contributed by atoms with Gasteiger partial charge < -0.3 is 9.47 Å². The summed E-state index contributed by atoms with van der Waals surface area (Å²) in [6.45, 7) is 4.54. The van der Waals surface area contributed by atoms with Crippen molar-refractivity contribution in [2.75, 3.05) is 6.61 Å². The van der Waals surface area contributed by atoms with Crippen molar-refractivity contribution in [2.24, 2.45) is 16.7 Å². The lowest BCUT2D eigenvalue weighted by Crippen LogP contribution is -2.49. The summed E-state index contributed by atoms with van der Waals surface area (Å²) in [5.74, 6) is -0.300. The number of esters is 2. The van der Waals surface area contributed by atoms with Gasteiger partial charge in [-0.2, -0.15) is 0 Å². The van der Waals surface area contributed by atoms with E-state index in [0.29, 0.717) is 6.61 Å². The summed E-state index contributed by atoms with van der Waals surface area (Å²) in [6.07, 6.45) is 6.44. The van der Waals surface area contributed by atoms with Crippen molar-refractivity contribution in [3.63, 3.8) is 0 Å². The molecule has 2 heterocycles. The third-order valence-corrected chi connectivity index (χ3v) is 5.64. The zero-order valence-corrected chi connectivity index (χ0v) is 11.8. The maximum absolute atomic E-state index is 12.4. The molecule has 2 aliphatic carbocycles. The van der Waals surface area contributed by atoms with Crippen molar-refractivity contribution in [1.82, 2.24) is 0 Å². The fourth-order valence-corrected chi connectivity index (χ4v) is 4.79. The van der Waals surface area contributed by atoms with E-state index in [2.05, 4.69) is 13.0 Å². The Balaban J connectivity index is 1.92. The van der Waals surface area contributed by atoms with Crippen LogP contribution >= 0.6 is 0 Å². The second-order valence-corrected chi connectivity index (χ2v) is 6.96. The van der Waals surface area contributed by atoms with E-state index in [-0.39, 0.29) is 29.4 Å². The molecule has 1 saturated heterocycles. The summed E-state index contributed by atoms with van der Waals surface area (Å²) in [5, 5.41) is 0. The Morgan fingerprint density at radius 3 is 2.85 bits per heavy atom. The molecular formula is C16H18O4. The van der Waals surface area contributed by atoms with Gasteiger partial charge in [-0.3, -0.25) is 4.79 Å². The number of rotatable bonds is 0. The third-order valence-electron chi connectivity index (χ3n) is 5.64. The van der Waals surface area contributed by atoms with Crippen LogP contribution in [0.1, 0.15) is 33.1 Å². The largest absolute Gasteiger partial charge is 0.458 e. The van der Waals surface area contributed by atoms with E-state index in [4.69, 9.17) is 9.47 Å². The van der Waals surface area contributed by atoms with Gasteiger partial charge >= 0.3 is 11.9 Å². The quantitative estimate of drug-likeness (QED) is 0.635. The summed E-state index contributed by atoms with van der Waals surface area (Å²) in [6, 6.07) is 0. The molecule has 4 nitrogen and oxygen atoms in total. The molecule has 0 aromatic rings. The summed E-state index contributed by atoms with van der Waals surface area (Å²) < 4.78 is 10.8. The highest BCUT2D eigenvalue weighted by Gasteiger charge is 2.64. The molecule has 0 aromatic heterocycles. The second kappa shape index (κ2) is 3.54. The summed E-state index contributed by atoms with van der Waals surface area (Å²) in [4.78, 5) is 23.9. The highest BCUT2D eigenvalue weighted by Crippen LogP contribution is 2.62. The smallest absolute Gasteiger partial charge is 0.331 e. The van der Waals surface area contributed by atoms with Crippen molar-refractivity contribution in [3.8, 4) is 0 Å². The Labute approximate surface area is 117 Å². The summed E-state index contributed by atoms with van der Waals surface area (Å²) >= 11 is 0. The Kier molecular flexibility index (Phi) is 2.16. The van der Waals surface area contributed by atoms with Crippen LogP contribution in [0.3, 0.4) is 0 Å². The average molecular weight is 274 g/mol. The van der Waals surface area contributed by atoms with E-state index >= 15 is 0 Å². The Bertz CT molecular complexity index is 587. The highest BCUT2D eigenvalue weighted by atomic mass is 16.6. The molecule has 0 unspecified atom stereocenters. The molecule has 0 spiro atoms. The molecule has 0 N–H and O–H groups in total. The second-order valence-electron chi connectivity index (χ2n) is 6.96. The monoisotopic (exact) mass is 274 g/mol. The number of ether oxygens (including phenoxy) is 2. The molecule has 1 saturated carbocycles. The van der Waals surface area contributed by atoms with Crippen LogP contribution < -0.4 is 0 Å². The van der Waals surface area contributed by atoms with E-state index in [9.17, 15) is 9.59 Å². The molecular weight excluding hydrogens is 256 g/mol. The Morgan fingerprint density at radius 2 is 2.05 bits per heavy atom. The van der Waals surface area contributed by atoms with Crippen LogP contribution in [0.2, 0.25) is 0 Å². The zero-order valence-electron chi connectivity index (χ0n) is 11.8. The van der Waals surface area contributed by atoms with Crippen molar-refractivity contribution in [1.29, 1.82) is 0 Å². The van der Waals surface area contributed by atoms with E-state index < -0.39 is 5.41 Å². The van der Waals surface area contributed by atoms with Crippen molar-refractivity contribution in [3.05, 3.63) is 23.3 Å². The van der Waals surface area contributed by atoms with Gasteiger partial charge in [0.15, 0.2) is 0 Å². The van der Waals surface area contributed by atoms with Crippen molar-refractivity contribution >= 4 is 11.9 Å². The van der Waals surface area contributed by atoms with E-state index in [1.807, 2.05) is 6.92 Å². The molecule has 4 atom stereocenters. The Morgan fingerprint density at radius 1 is 1.25 bits per heavy atom. The first-order valence-electron chi connectivity index (χ1n) is 7.26. The molecule has 0 bridgehead atoms. The standard InChI is InChI=1S/C16H18O4/c1-15-4-3-5-16(2)13(15)12(20-14(16)18)10-6-11(17)19-8-9(10)7-15/h6-7,12-13H,3-5,8H2,1-2H3/t12-,13-,15-,16+/m1/s1. The van der Waals surface area contributed by atoms with Crippen LogP contribution in [0.15, 0.2) is 23.3 Å². The van der Waals surface area contributed by atoms with E-state index in [1.165, 1.54) is 6.08 Å². The van der Waals surface area contributed by atoms with Gasteiger partial charge in [0.1, 0.15) is 12.7 Å². The predicted molar refractivity (Wildman–Crippen MR) is 70.6 cm³/mol. The molecule has 106 valence electrons. The SMILES string of the molecule is C[C@]12C=C3COC(=O)C=C3[C@H]3OC(=O)[C@@](C)(CCC1)[C@H]32. The number of hydrogen-bond donors (Lipinski definition) is 0. The van der Waals surface area contributed by atoms with Gasteiger partial charge in [0.25, 0.3) is 0 Å². The topological polar surface area (TPSA) is 52.6 Å². The fourth-order valence-electron chi connectivity index (χ4n) is 4.79. The first-order valence-corrected chi connectivity index (χ1v) is 7.26. The lowest BCUT2D eigenvalue weighted by atomic mass is 9.52. The number of carbonyl (C=O) groups excluding carboxylic acids is 2. The number of carbonyl (C=O) groups is 2. The van der Waals surface area contributed by atoms with Crippen LogP contribution in [-0.4, -0.2) is 24.6 Å². The lowest BCUT2D eigenvalue weighted by molar-refractivity contribution is -0.148. The van der Waals surface area contributed by atoms with E-state index in [0.717, 1.165) is 30.4 Å². The molecule has 0 aromatic carbocycles. The minimum absolute atomic E-state index is 0.0414. The molecule has 2 aliphatic heterocycles. The first-order chi connectivity index (χ1) is 9.44. The van der Waals surface area contributed by atoms with Crippen LogP contribution in [0, 0.1) is 16.7 Å². The molecule has 4 rings (SSSR count). The minimum Gasteiger partial charge on any atom is -0.458 e. The van der Waals surface area contributed by atoms with Gasteiger partial charge in [-0.25, -0.2) is 4.79 Å². The minimum atomic E-state index is -0.415. The van der Waals surface area contributed by atoms with Gasteiger partial charge in [-0.15, -0.1) is 0 Å². The van der Waals surface area contributed by atoms with Gasteiger partial charge in [0, 0.05) is 17.6 Å². The van der Waals surface area contributed by atoms with Gasteiger partial charge in [-0.1, -0.05) is 19.4 Å². The predicted octanol–water partition coefficient (Wildman–Crippen LogP) is 2.15. The molecule has 20 heavy (non-hydrogen) atoms. The van der Waals surface area contributed by atoms with Gasteiger partial charge in [0.05, 0.1) is 5.41 Å². The number of fused-ring (bicyclic) bond motifs is 2. The molecule has 0 radical (unpaired) electrons. The Hall–Kier alpha value is -1.58. The van der Waals surface area contributed by atoms with E-state index in [1.54, 1.807) is 0 Å². The lowest BCUT2D eigenvalue weighted by Gasteiger charge is -2.49. The normalized spacial score (nSPS) is 45.7. The average Bonchev–Trinajstić information content (AvgIpc) is 2.65. The van der Waals surface area contributed by atoms with Crippen LogP contribution in [-0.2, 0) is 19.1 Å². The first kappa shape index (κ1) is 12.2. The number of hydrogen-bond acceptors (Lipinski definition) is 4. The van der Waals surface area contributed by atoms with Crippen molar-refractivity contribution < 1.29 is 19.1 Å². The van der Waals surface area contributed by atoms with Crippen LogP contribution in [0.25, 0.3) is 0 Å². The van der Waals surface area contributed by atoms with Gasteiger partial charge in [-0.05, 0) is 30.8 Å². The third kappa shape index (κ3) is 1.32. The van der Waals surface area contributed by atoms with Gasteiger partial charge in [0.2, 0.25) is 0 Å². The van der Waals surface area contributed by atoms with Crippen molar-refractivity contribution in [2.45, 2.75) is 39.2 Å². The maximum Gasteiger partial charge on any atom is 0.331 e. The maximum atomic E-state index is 12.4. The fraction of sp³-hybridized carbons (Fsp3) is 0.625. The number of allylic oxidation sites excluding steroid dienone is 1. The summed E-state index contributed by atoms with van der Waals surface area (Å²) in [7, 11) is 0. The number of cyclic esters (lactones) is 1. The highest BCUT2D eigenvalue weighted by molar-refractivity contribution is 5.87. The zero-order chi connectivity index (χ0) is 14.1.